The number of nitriles is 2. The third-order valence-electron chi connectivity index (χ3n) is 2.92. The summed E-state index contributed by atoms with van der Waals surface area (Å²) in [6.45, 7) is 5.53. The molecule has 1 aliphatic rings. The Balaban J connectivity index is 2.92. The van der Waals surface area contributed by atoms with Crippen molar-refractivity contribution >= 4 is 22.7 Å². The van der Waals surface area contributed by atoms with Crippen LogP contribution in [0.15, 0.2) is 22.1 Å². The van der Waals surface area contributed by atoms with Crippen LogP contribution in [0.3, 0.4) is 0 Å². The Labute approximate surface area is 109 Å². The number of fused-ring (bicyclic) bond motifs is 1. The predicted molar refractivity (Wildman–Crippen MR) is 69.9 cm³/mol. The lowest BCUT2D eigenvalue weighted by atomic mass is 9.98. The molecule has 18 heavy (non-hydrogen) atoms. The molecule has 0 amide bonds. The van der Waals surface area contributed by atoms with Gasteiger partial charge in [-0.25, -0.2) is 0 Å². The van der Waals surface area contributed by atoms with Gasteiger partial charge in [0, 0.05) is 27.2 Å². The van der Waals surface area contributed by atoms with Crippen molar-refractivity contribution in [1.29, 1.82) is 10.5 Å². The molecule has 0 unspecified atom stereocenters. The SMILES string of the molecule is CC(C)=C1C(=O)c2c(csc2C)C1=C(C#N)C#N. The zero-order valence-corrected chi connectivity index (χ0v) is 11.1. The van der Waals surface area contributed by atoms with E-state index < -0.39 is 0 Å². The second-order valence-electron chi connectivity index (χ2n) is 4.26. The highest BCUT2D eigenvalue weighted by atomic mass is 32.1. The van der Waals surface area contributed by atoms with Crippen molar-refractivity contribution in [1.82, 2.24) is 0 Å². The van der Waals surface area contributed by atoms with E-state index in [0.717, 1.165) is 16.0 Å². The Kier molecular flexibility index (Phi) is 2.90. The Hall–Kier alpha value is -2.17. The zero-order valence-electron chi connectivity index (χ0n) is 10.3. The number of carbonyl (C=O) groups is 1. The summed E-state index contributed by atoms with van der Waals surface area (Å²) in [6, 6.07) is 3.77. The number of hydrogen-bond acceptors (Lipinski definition) is 4. The van der Waals surface area contributed by atoms with E-state index in [4.69, 9.17) is 10.5 Å². The molecule has 1 heterocycles. The maximum atomic E-state index is 12.4. The van der Waals surface area contributed by atoms with Crippen LogP contribution in [0.1, 0.15) is 34.6 Å². The quantitative estimate of drug-likeness (QED) is 0.526. The second kappa shape index (κ2) is 4.25. The molecule has 1 aromatic rings. The first-order valence-corrected chi connectivity index (χ1v) is 6.26. The Bertz CT molecular complexity index is 685. The third-order valence-corrected chi connectivity index (χ3v) is 3.83. The lowest BCUT2D eigenvalue weighted by molar-refractivity contribution is 0.104. The number of thiophene rings is 1. The molecule has 1 aromatic heterocycles. The number of rotatable bonds is 0. The first kappa shape index (κ1) is 12.3. The number of nitrogens with zero attached hydrogens (tertiary/aromatic N) is 2. The molecular weight excluding hydrogens is 244 g/mol. The Morgan fingerprint density at radius 1 is 1.22 bits per heavy atom. The van der Waals surface area contributed by atoms with Crippen molar-refractivity contribution in [3.8, 4) is 12.1 Å². The summed E-state index contributed by atoms with van der Waals surface area (Å²) >= 11 is 1.47. The van der Waals surface area contributed by atoms with Crippen molar-refractivity contribution in [3.63, 3.8) is 0 Å². The van der Waals surface area contributed by atoms with Crippen LogP contribution in [-0.4, -0.2) is 5.78 Å². The molecule has 3 nitrogen and oxygen atoms in total. The van der Waals surface area contributed by atoms with Crippen LogP contribution in [-0.2, 0) is 0 Å². The second-order valence-corrected chi connectivity index (χ2v) is 5.34. The number of Topliss-reactive ketones (excluding diaryl/α,β-unsaturated/α-hetero) is 1. The highest BCUT2D eigenvalue weighted by molar-refractivity contribution is 7.10. The van der Waals surface area contributed by atoms with Gasteiger partial charge in [0.1, 0.15) is 17.7 Å². The first-order valence-electron chi connectivity index (χ1n) is 5.38. The zero-order chi connectivity index (χ0) is 13.4. The van der Waals surface area contributed by atoms with Crippen LogP contribution in [0.5, 0.6) is 0 Å². The van der Waals surface area contributed by atoms with Crippen LogP contribution in [0.25, 0.3) is 5.57 Å². The van der Waals surface area contributed by atoms with Gasteiger partial charge in [-0.05, 0) is 26.2 Å². The molecule has 2 rings (SSSR count). The van der Waals surface area contributed by atoms with Gasteiger partial charge >= 0.3 is 0 Å². The molecule has 4 heteroatoms. The summed E-state index contributed by atoms with van der Waals surface area (Å²) in [5.41, 5.74) is 3.24. The largest absolute Gasteiger partial charge is 0.289 e. The molecule has 0 aliphatic heterocycles. The van der Waals surface area contributed by atoms with E-state index in [1.165, 1.54) is 11.3 Å². The van der Waals surface area contributed by atoms with E-state index in [-0.39, 0.29) is 11.4 Å². The van der Waals surface area contributed by atoms with Crippen LogP contribution < -0.4 is 0 Å². The van der Waals surface area contributed by atoms with Gasteiger partial charge in [0.05, 0.1) is 0 Å². The Morgan fingerprint density at radius 2 is 1.83 bits per heavy atom. The van der Waals surface area contributed by atoms with E-state index in [2.05, 4.69) is 0 Å². The number of ketones is 1. The molecule has 0 fully saturated rings. The van der Waals surface area contributed by atoms with Gasteiger partial charge < -0.3 is 0 Å². The monoisotopic (exact) mass is 254 g/mol. The van der Waals surface area contributed by atoms with Gasteiger partial charge in [-0.3, -0.25) is 4.79 Å². The van der Waals surface area contributed by atoms with Crippen LogP contribution in [0.2, 0.25) is 0 Å². The highest BCUT2D eigenvalue weighted by Crippen LogP contribution is 2.43. The summed E-state index contributed by atoms with van der Waals surface area (Å²) in [6.07, 6.45) is 0. The fraction of sp³-hybridized carbons (Fsp3) is 0.214. The van der Waals surface area contributed by atoms with Crippen LogP contribution >= 0.6 is 11.3 Å². The van der Waals surface area contributed by atoms with Crippen molar-refractivity contribution in [2.45, 2.75) is 20.8 Å². The summed E-state index contributed by atoms with van der Waals surface area (Å²) in [7, 11) is 0. The molecular formula is C14H10N2OS. The van der Waals surface area contributed by atoms with Gasteiger partial charge in [-0.15, -0.1) is 11.3 Å². The molecule has 0 aromatic carbocycles. The molecule has 0 N–H and O–H groups in total. The number of allylic oxidation sites excluding steroid dienone is 4. The number of aryl methyl sites for hydroxylation is 1. The number of hydrogen-bond donors (Lipinski definition) is 0. The summed E-state index contributed by atoms with van der Waals surface area (Å²) < 4.78 is 0. The van der Waals surface area contributed by atoms with Gasteiger partial charge in [-0.2, -0.15) is 10.5 Å². The summed E-state index contributed by atoms with van der Waals surface area (Å²) in [5, 5.41) is 19.9. The standard InChI is InChI=1S/C14H10N2OS/c1-7(2)11-13(9(4-15)5-16)10-6-18-8(3)12(10)14(11)17/h6H,1-3H3. The molecule has 1 aliphatic carbocycles. The van der Waals surface area contributed by atoms with E-state index in [1.807, 2.05) is 38.3 Å². The fourth-order valence-corrected chi connectivity index (χ4v) is 3.02. The minimum absolute atomic E-state index is 0.0103. The van der Waals surface area contributed by atoms with E-state index in [9.17, 15) is 4.79 Å². The molecule has 0 spiro atoms. The molecule has 0 atom stereocenters. The molecule has 0 saturated heterocycles. The van der Waals surface area contributed by atoms with Gasteiger partial charge in [0.15, 0.2) is 5.78 Å². The first-order chi connectivity index (χ1) is 8.52. The molecule has 0 radical (unpaired) electrons. The van der Waals surface area contributed by atoms with Gasteiger partial charge in [-0.1, -0.05) is 5.57 Å². The summed E-state index contributed by atoms with van der Waals surface area (Å²) in [4.78, 5) is 13.3. The maximum absolute atomic E-state index is 12.4. The Morgan fingerprint density at radius 3 is 2.33 bits per heavy atom. The number of carbonyl (C=O) groups excluding carboxylic acids is 1. The minimum atomic E-state index is -0.0678. The van der Waals surface area contributed by atoms with Gasteiger partial charge in [0.2, 0.25) is 0 Å². The third kappa shape index (κ3) is 1.51. The molecule has 0 saturated carbocycles. The van der Waals surface area contributed by atoms with Gasteiger partial charge in [0.25, 0.3) is 0 Å². The van der Waals surface area contributed by atoms with Crippen LogP contribution in [0, 0.1) is 29.6 Å². The lowest BCUT2D eigenvalue weighted by Crippen LogP contribution is -1.99. The fourth-order valence-electron chi connectivity index (χ4n) is 2.17. The van der Waals surface area contributed by atoms with E-state index in [0.29, 0.717) is 16.7 Å². The highest BCUT2D eigenvalue weighted by Gasteiger charge is 2.35. The van der Waals surface area contributed by atoms with Crippen molar-refractivity contribution in [2.24, 2.45) is 0 Å². The molecule has 88 valence electrons. The van der Waals surface area contributed by atoms with Crippen LogP contribution in [0.4, 0.5) is 0 Å². The average Bonchev–Trinajstić information content (AvgIpc) is 2.82. The maximum Gasteiger partial charge on any atom is 0.195 e. The smallest absolute Gasteiger partial charge is 0.195 e. The average molecular weight is 254 g/mol. The summed E-state index contributed by atoms with van der Waals surface area (Å²) in [5.74, 6) is -0.0678. The van der Waals surface area contributed by atoms with Crippen molar-refractivity contribution in [2.75, 3.05) is 0 Å². The van der Waals surface area contributed by atoms with Crippen molar-refractivity contribution < 1.29 is 4.79 Å². The topological polar surface area (TPSA) is 64.7 Å². The van der Waals surface area contributed by atoms with Crippen molar-refractivity contribution in [3.05, 3.63) is 38.1 Å². The van der Waals surface area contributed by atoms with E-state index >= 15 is 0 Å². The van der Waals surface area contributed by atoms with E-state index in [1.54, 1.807) is 0 Å². The lowest BCUT2D eigenvalue weighted by Gasteiger charge is -2.03. The minimum Gasteiger partial charge on any atom is -0.289 e. The normalized spacial score (nSPS) is 13.1. The molecule has 0 bridgehead atoms. The predicted octanol–water partition coefficient (Wildman–Crippen LogP) is 3.39.